The van der Waals surface area contributed by atoms with Crippen LogP contribution in [0.1, 0.15) is 24.2 Å². The Morgan fingerprint density at radius 2 is 2.00 bits per heavy atom. The van der Waals surface area contributed by atoms with E-state index in [4.69, 9.17) is 11.6 Å². The van der Waals surface area contributed by atoms with Gasteiger partial charge in [-0.1, -0.05) is 17.7 Å². The van der Waals surface area contributed by atoms with Crippen molar-refractivity contribution in [3.05, 3.63) is 33.3 Å². The summed E-state index contributed by atoms with van der Waals surface area (Å²) < 4.78 is 0.755. The molecule has 1 aromatic rings. The summed E-state index contributed by atoms with van der Waals surface area (Å²) in [4.78, 5) is 14.5. The second kappa shape index (κ2) is 5.59. The molecule has 1 fully saturated rings. The Balaban J connectivity index is 2.32. The van der Waals surface area contributed by atoms with Crippen molar-refractivity contribution in [1.82, 2.24) is 10.2 Å². The highest BCUT2D eigenvalue weighted by Gasteiger charge is 2.30. The third kappa shape index (κ3) is 2.56. The van der Waals surface area contributed by atoms with Gasteiger partial charge in [-0.05, 0) is 41.9 Å². The second-order valence-electron chi connectivity index (χ2n) is 4.67. The monoisotopic (exact) mass is 330 g/mol. The first kappa shape index (κ1) is 13.8. The van der Waals surface area contributed by atoms with Gasteiger partial charge in [0.2, 0.25) is 0 Å². The first-order valence-corrected chi connectivity index (χ1v) is 7.17. The minimum atomic E-state index is 0.00259. The zero-order valence-corrected chi connectivity index (χ0v) is 12.8. The van der Waals surface area contributed by atoms with Crippen LogP contribution in [-0.2, 0) is 0 Å². The Kier molecular flexibility index (Phi) is 4.30. The number of amides is 1. The molecule has 18 heavy (non-hydrogen) atoms. The van der Waals surface area contributed by atoms with E-state index in [1.807, 2.05) is 30.9 Å². The Hall–Kier alpha value is -0.580. The molecule has 1 aliphatic heterocycles. The molecule has 2 unspecified atom stereocenters. The van der Waals surface area contributed by atoms with Crippen molar-refractivity contribution in [3.63, 3.8) is 0 Å². The molecule has 0 aliphatic carbocycles. The van der Waals surface area contributed by atoms with Crippen LogP contribution in [0, 0.1) is 0 Å². The minimum Gasteiger partial charge on any atom is -0.331 e. The standard InChI is InChI=1S/C13H16BrClN2O/c1-8-6-16-7-9(2)17(8)13(18)10-4-3-5-11(14)12(10)15/h3-5,8-9,16H,6-7H2,1-2H3. The van der Waals surface area contributed by atoms with Crippen LogP contribution in [-0.4, -0.2) is 36.0 Å². The van der Waals surface area contributed by atoms with Crippen LogP contribution in [0.5, 0.6) is 0 Å². The Labute approximate surface area is 121 Å². The largest absolute Gasteiger partial charge is 0.331 e. The molecule has 3 nitrogen and oxygen atoms in total. The lowest BCUT2D eigenvalue weighted by Gasteiger charge is -2.39. The SMILES string of the molecule is CC1CNCC(C)N1C(=O)c1cccc(Br)c1Cl. The summed E-state index contributed by atoms with van der Waals surface area (Å²) in [6.07, 6.45) is 0. The van der Waals surface area contributed by atoms with Crippen LogP contribution < -0.4 is 5.32 Å². The molecule has 1 aromatic carbocycles. The molecule has 0 bridgehead atoms. The number of piperazine rings is 1. The van der Waals surface area contributed by atoms with Crippen LogP contribution in [0.25, 0.3) is 0 Å². The quantitative estimate of drug-likeness (QED) is 0.858. The molecule has 0 spiro atoms. The molecule has 5 heteroatoms. The van der Waals surface area contributed by atoms with E-state index >= 15 is 0 Å². The first-order valence-electron chi connectivity index (χ1n) is 5.99. The highest BCUT2D eigenvalue weighted by molar-refractivity contribution is 9.10. The van der Waals surface area contributed by atoms with Gasteiger partial charge in [0, 0.05) is 29.6 Å². The molecule has 2 rings (SSSR count). The van der Waals surface area contributed by atoms with Gasteiger partial charge >= 0.3 is 0 Å². The molecule has 1 amide bonds. The maximum absolute atomic E-state index is 12.6. The highest BCUT2D eigenvalue weighted by Crippen LogP contribution is 2.28. The number of hydrogen-bond donors (Lipinski definition) is 1. The predicted molar refractivity (Wildman–Crippen MR) is 77.1 cm³/mol. The van der Waals surface area contributed by atoms with Crippen molar-refractivity contribution >= 4 is 33.4 Å². The van der Waals surface area contributed by atoms with Crippen LogP contribution in [0.15, 0.2) is 22.7 Å². The lowest BCUT2D eigenvalue weighted by Crippen LogP contribution is -2.57. The van der Waals surface area contributed by atoms with Gasteiger partial charge in [0.15, 0.2) is 0 Å². The summed E-state index contributed by atoms with van der Waals surface area (Å²) >= 11 is 9.55. The summed E-state index contributed by atoms with van der Waals surface area (Å²) in [5, 5.41) is 3.80. The summed E-state index contributed by atoms with van der Waals surface area (Å²) in [6.45, 7) is 5.74. The Morgan fingerprint density at radius 1 is 1.39 bits per heavy atom. The summed E-state index contributed by atoms with van der Waals surface area (Å²) in [5.41, 5.74) is 0.562. The van der Waals surface area contributed by atoms with Crippen molar-refractivity contribution in [2.24, 2.45) is 0 Å². The fourth-order valence-corrected chi connectivity index (χ4v) is 2.91. The summed E-state index contributed by atoms with van der Waals surface area (Å²) in [7, 11) is 0. The van der Waals surface area contributed by atoms with Crippen LogP contribution in [0.4, 0.5) is 0 Å². The lowest BCUT2D eigenvalue weighted by molar-refractivity contribution is 0.0544. The van der Waals surface area contributed by atoms with Crippen LogP contribution >= 0.6 is 27.5 Å². The molecule has 1 N–H and O–H groups in total. The molecular weight excluding hydrogens is 316 g/mol. The second-order valence-corrected chi connectivity index (χ2v) is 5.90. The number of carbonyl (C=O) groups is 1. The maximum Gasteiger partial charge on any atom is 0.255 e. The van der Waals surface area contributed by atoms with E-state index in [0.29, 0.717) is 10.6 Å². The number of hydrogen-bond acceptors (Lipinski definition) is 2. The number of halogens is 2. The number of benzene rings is 1. The van der Waals surface area contributed by atoms with Gasteiger partial charge in [-0.2, -0.15) is 0 Å². The third-order valence-electron chi connectivity index (χ3n) is 3.25. The average Bonchev–Trinajstić information content (AvgIpc) is 2.32. The number of rotatable bonds is 1. The van der Waals surface area contributed by atoms with Crippen molar-refractivity contribution < 1.29 is 4.79 Å². The van der Waals surface area contributed by atoms with Gasteiger partial charge in [0.1, 0.15) is 0 Å². The highest BCUT2D eigenvalue weighted by atomic mass is 79.9. The van der Waals surface area contributed by atoms with E-state index in [1.165, 1.54) is 0 Å². The average molecular weight is 332 g/mol. The van der Waals surface area contributed by atoms with E-state index < -0.39 is 0 Å². The molecule has 0 saturated carbocycles. The molecule has 98 valence electrons. The fraction of sp³-hybridized carbons (Fsp3) is 0.462. The Morgan fingerprint density at radius 3 is 2.61 bits per heavy atom. The van der Waals surface area contributed by atoms with Gasteiger partial charge in [-0.15, -0.1) is 0 Å². The lowest BCUT2D eigenvalue weighted by atomic mass is 10.1. The van der Waals surface area contributed by atoms with E-state index in [9.17, 15) is 4.79 Å². The van der Waals surface area contributed by atoms with E-state index in [2.05, 4.69) is 21.2 Å². The first-order chi connectivity index (χ1) is 8.52. The van der Waals surface area contributed by atoms with E-state index in [-0.39, 0.29) is 18.0 Å². The molecule has 1 aliphatic rings. The van der Waals surface area contributed by atoms with Gasteiger partial charge < -0.3 is 10.2 Å². The number of carbonyl (C=O) groups excluding carboxylic acids is 1. The Bertz CT molecular complexity index is 456. The normalized spacial score (nSPS) is 24.1. The van der Waals surface area contributed by atoms with Crippen molar-refractivity contribution in [1.29, 1.82) is 0 Å². The molecule has 1 heterocycles. The van der Waals surface area contributed by atoms with E-state index in [1.54, 1.807) is 6.07 Å². The molecule has 0 radical (unpaired) electrons. The minimum absolute atomic E-state index is 0.00259. The van der Waals surface area contributed by atoms with Gasteiger partial charge in [-0.25, -0.2) is 0 Å². The van der Waals surface area contributed by atoms with Gasteiger partial charge in [0.25, 0.3) is 5.91 Å². The van der Waals surface area contributed by atoms with Crippen molar-refractivity contribution in [3.8, 4) is 0 Å². The molecular formula is C13H16BrClN2O. The number of nitrogens with zero attached hydrogens (tertiary/aromatic N) is 1. The topological polar surface area (TPSA) is 32.3 Å². The zero-order chi connectivity index (χ0) is 13.3. The van der Waals surface area contributed by atoms with Crippen LogP contribution in [0.3, 0.4) is 0 Å². The fourth-order valence-electron chi connectivity index (χ4n) is 2.34. The molecule has 2 atom stereocenters. The van der Waals surface area contributed by atoms with Gasteiger partial charge in [-0.3, -0.25) is 4.79 Å². The molecule has 0 aromatic heterocycles. The third-order valence-corrected chi connectivity index (χ3v) is 4.54. The summed E-state index contributed by atoms with van der Waals surface area (Å²) in [5.74, 6) is 0.00259. The van der Waals surface area contributed by atoms with Crippen molar-refractivity contribution in [2.45, 2.75) is 25.9 Å². The maximum atomic E-state index is 12.6. The summed E-state index contributed by atoms with van der Waals surface area (Å²) in [6, 6.07) is 5.80. The molecule has 1 saturated heterocycles. The predicted octanol–water partition coefficient (Wildman–Crippen LogP) is 2.92. The smallest absolute Gasteiger partial charge is 0.255 e. The van der Waals surface area contributed by atoms with Crippen LogP contribution in [0.2, 0.25) is 5.02 Å². The number of nitrogens with one attached hydrogen (secondary N) is 1. The van der Waals surface area contributed by atoms with E-state index in [0.717, 1.165) is 17.6 Å². The van der Waals surface area contributed by atoms with Crippen molar-refractivity contribution in [2.75, 3.05) is 13.1 Å². The van der Waals surface area contributed by atoms with Gasteiger partial charge in [0.05, 0.1) is 10.6 Å². The zero-order valence-electron chi connectivity index (χ0n) is 10.4.